The molecule has 14 nitrogen and oxygen atoms in total. The number of imidazole rings is 1. The van der Waals surface area contributed by atoms with Crippen molar-refractivity contribution >= 4 is 28.8 Å². The molecule has 37 heavy (non-hydrogen) atoms. The minimum atomic E-state index is -1.45. The van der Waals surface area contributed by atoms with Crippen LogP contribution in [-0.2, 0) is 9.53 Å². The van der Waals surface area contributed by atoms with Crippen molar-refractivity contribution in [2.45, 2.75) is 49.8 Å². The average molecular weight is 508 g/mol. The Kier molecular flexibility index (Phi) is 6.66. The number of fused-ring (bicyclic) bond motifs is 1. The summed E-state index contributed by atoms with van der Waals surface area (Å²) < 4.78 is 6.99. The maximum Gasteiger partial charge on any atom is 0.258 e. The normalized spacial score (nSPS) is 23.2. The predicted octanol–water partition coefficient (Wildman–Crippen LogP) is -1.39. The Hall–Kier alpha value is -4.19. The van der Waals surface area contributed by atoms with Crippen molar-refractivity contribution < 1.29 is 24.5 Å². The molecule has 2 fully saturated rings. The molecule has 5 N–H and O–H groups in total. The summed E-state index contributed by atoms with van der Waals surface area (Å²) in [7, 11) is 1.40. The average Bonchev–Trinajstić information content (AvgIpc) is 3.43. The van der Waals surface area contributed by atoms with Gasteiger partial charge in [-0.3, -0.25) is 14.2 Å². The van der Waals surface area contributed by atoms with Crippen molar-refractivity contribution in [2.75, 3.05) is 19.3 Å². The number of ether oxygens (including phenoxy) is 1. The molecule has 2 aliphatic rings. The molecule has 3 aromatic heterocycles. The minimum Gasteiger partial charge on any atom is -0.387 e. The SMILES string of the molecule is CNC(=O)C1OC(n2cnc3c(N)nc(C#CCN(C(=O)c4cncnc4)C4CCC4)nc32)[C@H](O)[C@@H]1O. The topological polar surface area (TPSA) is 194 Å². The van der Waals surface area contributed by atoms with Gasteiger partial charge in [0.2, 0.25) is 5.82 Å². The van der Waals surface area contributed by atoms with Crippen LogP contribution in [0.3, 0.4) is 0 Å². The largest absolute Gasteiger partial charge is 0.387 e. The van der Waals surface area contributed by atoms with Crippen molar-refractivity contribution in [3.63, 3.8) is 0 Å². The van der Waals surface area contributed by atoms with E-state index in [1.54, 1.807) is 4.90 Å². The molecule has 1 aliphatic heterocycles. The lowest BCUT2D eigenvalue weighted by atomic mass is 9.91. The van der Waals surface area contributed by atoms with Gasteiger partial charge in [-0.15, -0.1) is 0 Å². The van der Waals surface area contributed by atoms with Gasteiger partial charge in [0.15, 0.2) is 23.8 Å². The van der Waals surface area contributed by atoms with Crippen LogP contribution in [0.5, 0.6) is 0 Å². The Morgan fingerprint density at radius 3 is 2.68 bits per heavy atom. The molecule has 2 amide bonds. The Bertz CT molecular complexity index is 1380. The van der Waals surface area contributed by atoms with Crippen LogP contribution in [0, 0.1) is 11.8 Å². The van der Waals surface area contributed by atoms with Gasteiger partial charge in [0.25, 0.3) is 11.8 Å². The second kappa shape index (κ2) is 10.1. The second-order valence-corrected chi connectivity index (χ2v) is 8.75. The van der Waals surface area contributed by atoms with E-state index in [1.807, 2.05) is 0 Å². The smallest absolute Gasteiger partial charge is 0.258 e. The van der Waals surface area contributed by atoms with Gasteiger partial charge in [-0.2, -0.15) is 0 Å². The number of nitrogens with two attached hydrogens (primary N) is 1. The number of aliphatic hydroxyl groups excluding tert-OH is 2. The first-order valence-electron chi connectivity index (χ1n) is 11.7. The molecule has 2 unspecified atom stereocenters. The van der Waals surface area contributed by atoms with Crippen LogP contribution in [0.2, 0.25) is 0 Å². The van der Waals surface area contributed by atoms with Gasteiger partial charge >= 0.3 is 0 Å². The Morgan fingerprint density at radius 1 is 1.24 bits per heavy atom. The molecular formula is C23H25N9O5. The van der Waals surface area contributed by atoms with E-state index in [2.05, 4.69) is 42.1 Å². The van der Waals surface area contributed by atoms with Gasteiger partial charge in [0, 0.05) is 25.5 Å². The summed E-state index contributed by atoms with van der Waals surface area (Å²) >= 11 is 0. The van der Waals surface area contributed by atoms with E-state index in [4.69, 9.17) is 10.5 Å². The molecule has 4 atom stereocenters. The lowest BCUT2D eigenvalue weighted by Crippen LogP contribution is -2.44. The third-order valence-electron chi connectivity index (χ3n) is 6.50. The van der Waals surface area contributed by atoms with E-state index >= 15 is 0 Å². The molecule has 1 aliphatic carbocycles. The van der Waals surface area contributed by atoms with Crippen molar-refractivity contribution in [3.8, 4) is 11.8 Å². The summed E-state index contributed by atoms with van der Waals surface area (Å²) in [5, 5.41) is 23.2. The summed E-state index contributed by atoms with van der Waals surface area (Å²) in [6, 6.07) is 0.0811. The maximum atomic E-state index is 13.0. The number of hydrogen-bond acceptors (Lipinski definition) is 11. The lowest BCUT2D eigenvalue weighted by molar-refractivity contribution is -0.137. The van der Waals surface area contributed by atoms with Crippen LogP contribution < -0.4 is 11.1 Å². The number of amides is 2. The van der Waals surface area contributed by atoms with Gasteiger partial charge in [-0.25, -0.2) is 24.9 Å². The van der Waals surface area contributed by atoms with Gasteiger partial charge in [0.05, 0.1) is 18.4 Å². The highest BCUT2D eigenvalue weighted by atomic mass is 16.6. The number of nitrogens with zero attached hydrogens (tertiary/aromatic N) is 7. The van der Waals surface area contributed by atoms with Crippen LogP contribution in [-0.4, -0.2) is 94.4 Å². The van der Waals surface area contributed by atoms with Crippen LogP contribution in [0.4, 0.5) is 5.82 Å². The first-order valence-corrected chi connectivity index (χ1v) is 11.7. The van der Waals surface area contributed by atoms with Crippen LogP contribution in [0.1, 0.15) is 41.7 Å². The quantitative estimate of drug-likeness (QED) is 0.297. The highest BCUT2D eigenvalue weighted by Crippen LogP contribution is 2.32. The van der Waals surface area contributed by atoms with Gasteiger partial charge in [-0.1, -0.05) is 5.92 Å². The zero-order valence-corrected chi connectivity index (χ0v) is 19.9. The number of hydrogen-bond donors (Lipinski definition) is 4. The molecule has 0 radical (unpaired) electrons. The van der Waals surface area contributed by atoms with Crippen molar-refractivity contribution in [2.24, 2.45) is 0 Å². The monoisotopic (exact) mass is 507 g/mol. The molecule has 5 rings (SSSR count). The number of anilines is 1. The van der Waals surface area contributed by atoms with Crippen LogP contribution >= 0.6 is 0 Å². The van der Waals surface area contributed by atoms with E-state index in [1.165, 1.54) is 36.7 Å². The van der Waals surface area contributed by atoms with Gasteiger partial charge in [0.1, 0.15) is 24.1 Å². The number of aromatic nitrogens is 6. The molecule has 3 aromatic rings. The minimum absolute atomic E-state index is 0.0531. The first kappa shape index (κ1) is 24.5. The molecule has 4 heterocycles. The second-order valence-electron chi connectivity index (χ2n) is 8.75. The third kappa shape index (κ3) is 4.55. The van der Waals surface area contributed by atoms with Crippen molar-refractivity contribution in [1.82, 2.24) is 39.7 Å². The molecule has 14 heteroatoms. The Labute approximate surface area is 210 Å². The fourth-order valence-corrected chi connectivity index (χ4v) is 4.27. The number of aliphatic hydroxyl groups is 2. The van der Waals surface area contributed by atoms with E-state index in [9.17, 15) is 19.8 Å². The standard InChI is InChI=1S/C23H25N9O5/c1-25-21(35)18-16(33)17(34)23(37-18)32-11-28-15-19(24)29-14(30-20(15)32)6-3-7-31(13-4-2-5-13)22(36)12-8-26-10-27-9-12/h8-11,13,16-18,23,33-34H,2,4-5,7H2,1H3,(H,25,35)(H2,24,29,30)/t16-,17+,18?,23?/m0/s1. The lowest BCUT2D eigenvalue weighted by Gasteiger charge is -2.36. The van der Waals surface area contributed by atoms with Gasteiger partial charge in [-0.05, 0) is 25.2 Å². The number of carbonyl (C=O) groups is 2. The summed E-state index contributed by atoms with van der Waals surface area (Å²) in [4.78, 5) is 47.3. The third-order valence-corrected chi connectivity index (χ3v) is 6.50. The predicted molar refractivity (Wildman–Crippen MR) is 127 cm³/mol. The summed E-state index contributed by atoms with van der Waals surface area (Å²) in [5.41, 5.74) is 6.91. The number of nitrogen functional groups attached to an aromatic ring is 1. The number of likely N-dealkylation sites (N-methyl/N-ethyl adjacent to an activating group) is 1. The van der Waals surface area contributed by atoms with Crippen LogP contribution in [0.15, 0.2) is 25.0 Å². The highest BCUT2D eigenvalue weighted by Gasteiger charge is 2.47. The first-order chi connectivity index (χ1) is 17.9. The molecule has 1 saturated heterocycles. The molecule has 192 valence electrons. The van der Waals surface area contributed by atoms with E-state index in [0.717, 1.165) is 19.3 Å². The zero-order chi connectivity index (χ0) is 26.1. The Morgan fingerprint density at radius 2 is 2.00 bits per heavy atom. The number of rotatable bonds is 5. The van der Waals surface area contributed by atoms with E-state index in [0.29, 0.717) is 5.56 Å². The maximum absolute atomic E-state index is 13.0. The molecule has 1 saturated carbocycles. The van der Waals surface area contributed by atoms with Crippen LogP contribution in [0.25, 0.3) is 11.2 Å². The summed E-state index contributed by atoms with van der Waals surface area (Å²) in [6.07, 6.45) is 3.17. The molecular weight excluding hydrogens is 482 g/mol. The Balaban J connectivity index is 1.40. The number of carbonyl (C=O) groups excluding carboxylic acids is 2. The van der Waals surface area contributed by atoms with E-state index in [-0.39, 0.29) is 41.3 Å². The zero-order valence-electron chi connectivity index (χ0n) is 19.9. The fourth-order valence-electron chi connectivity index (χ4n) is 4.27. The summed E-state index contributed by atoms with van der Waals surface area (Å²) in [5.74, 6) is 5.14. The van der Waals surface area contributed by atoms with Crippen molar-refractivity contribution in [1.29, 1.82) is 0 Å². The summed E-state index contributed by atoms with van der Waals surface area (Å²) in [6.45, 7) is 0.142. The fraction of sp³-hybridized carbons (Fsp3) is 0.435. The number of nitrogens with one attached hydrogen (secondary N) is 1. The highest BCUT2D eigenvalue weighted by molar-refractivity contribution is 5.94. The van der Waals surface area contributed by atoms with Crippen molar-refractivity contribution in [3.05, 3.63) is 36.4 Å². The van der Waals surface area contributed by atoms with Gasteiger partial charge < -0.3 is 30.9 Å². The van der Waals surface area contributed by atoms with E-state index < -0.39 is 30.4 Å². The molecule has 0 spiro atoms. The molecule has 0 aromatic carbocycles. The molecule has 0 bridgehead atoms.